The molecule has 118 valence electrons. The number of hydrogen-bond donors (Lipinski definition) is 3. The van der Waals surface area contributed by atoms with Crippen molar-refractivity contribution >= 4 is 16.6 Å². The SMILES string of the molecule is OCc1cc(NC2CCCC2)c2[nH]c(-c3ccccc3)cc2c1. The fourth-order valence-corrected chi connectivity index (χ4v) is 3.57. The van der Waals surface area contributed by atoms with Gasteiger partial charge in [-0.3, -0.25) is 0 Å². The van der Waals surface area contributed by atoms with E-state index in [9.17, 15) is 5.11 Å². The van der Waals surface area contributed by atoms with Crippen LogP contribution in [0.5, 0.6) is 0 Å². The number of aliphatic hydroxyl groups excluding tert-OH is 1. The molecule has 0 atom stereocenters. The van der Waals surface area contributed by atoms with Crippen molar-refractivity contribution in [2.45, 2.75) is 38.3 Å². The third-order valence-electron chi connectivity index (χ3n) is 4.77. The average Bonchev–Trinajstić information content (AvgIpc) is 3.24. The van der Waals surface area contributed by atoms with Gasteiger partial charge in [-0.25, -0.2) is 0 Å². The molecular weight excluding hydrogens is 284 g/mol. The van der Waals surface area contributed by atoms with E-state index in [1.165, 1.54) is 31.2 Å². The average molecular weight is 306 g/mol. The van der Waals surface area contributed by atoms with Gasteiger partial charge in [0.1, 0.15) is 0 Å². The van der Waals surface area contributed by atoms with Gasteiger partial charge in [-0.05, 0) is 42.2 Å². The molecule has 23 heavy (non-hydrogen) atoms. The van der Waals surface area contributed by atoms with E-state index < -0.39 is 0 Å². The van der Waals surface area contributed by atoms with E-state index in [1.807, 2.05) is 6.07 Å². The van der Waals surface area contributed by atoms with Crippen molar-refractivity contribution in [1.82, 2.24) is 4.98 Å². The van der Waals surface area contributed by atoms with Crippen molar-refractivity contribution in [2.75, 3.05) is 5.32 Å². The summed E-state index contributed by atoms with van der Waals surface area (Å²) in [5.41, 5.74) is 5.50. The number of nitrogens with one attached hydrogen (secondary N) is 2. The van der Waals surface area contributed by atoms with Gasteiger partial charge in [-0.15, -0.1) is 0 Å². The van der Waals surface area contributed by atoms with Crippen molar-refractivity contribution in [2.24, 2.45) is 0 Å². The first-order chi connectivity index (χ1) is 11.3. The highest BCUT2D eigenvalue weighted by Gasteiger charge is 2.17. The lowest BCUT2D eigenvalue weighted by molar-refractivity contribution is 0.282. The third-order valence-corrected chi connectivity index (χ3v) is 4.77. The molecule has 1 fully saturated rings. The molecule has 1 aromatic heterocycles. The van der Waals surface area contributed by atoms with Gasteiger partial charge in [0.25, 0.3) is 0 Å². The fraction of sp³-hybridized carbons (Fsp3) is 0.300. The van der Waals surface area contributed by atoms with Crippen molar-refractivity contribution in [3.63, 3.8) is 0 Å². The quantitative estimate of drug-likeness (QED) is 0.655. The second-order valence-electron chi connectivity index (χ2n) is 6.44. The highest BCUT2D eigenvalue weighted by atomic mass is 16.3. The summed E-state index contributed by atoms with van der Waals surface area (Å²) in [5.74, 6) is 0. The van der Waals surface area contributed by atoms with E-state index >= 15 is 0 Å². The van der Waals surface area contributed by atoms with Gasteiger partial charge in [0.15, 0.2) is 0 Å². The molecule has 1 aliphatic rings. The van der Waals surface area contributed by atoms with Gasteiger partial charge in [0, 0.05) is 17.1 Å². The smallest absolute Gasteiger partial charge is 0.0694 e. The van der Waals surface area contributed by atoms with Crippen LogP contribution in [0, 0.1) is 0 Å². The summed E-state index contributed by atoms with van der Waals surface area (Å²) in [5, 5.41) is 14.4. The number of aromatic amines is 1. The van der Waals surface area contributed by atoms with Gasteiger partial charge in [0.05, 0.1) is 17.8 Å². The number of aromatic nitrogens is 1. The number of benzene rings is 2. The molecule has 2 aromatic carbocycles. The minimum absolute atomic E-state index is 0.0706. The minimum atomic E-state index is 0.0706. The number of fused-ring (bicyclic) bond motifs is 1. The van der Waals surface area contributed by atoms with Gasteiger partial charge in [0.2, 0.25) is 0 Å². The zero-order valence-electron chi connectivity index (χ0n) is 13.2. The van der Waals surface area contributed by atoms with Crippen LogP contribution >= 0.6 is 0 Å². The zero-order chi connectivity index (χ0) is 15.6. The lowest BCUT2D eigenvalue weighted by Gasteiger charge is -2.15. The summed E-state index contributed by atoms with van der Waals surface area (Å²) in [6.07, 6.45) is 5.08. The lowest BCUT2D eigenvalue weighted by Crippen LogP contribution is -2.14. The molecule has 0 saturated heterocycles. The van der Waals surface area contributed by atoms with Crippen LogP contribution in [0.2, 0.25) is 0 Å². The number of H-pyrrole nitrogens is 1. The van der Waals surface area contributed by atoms with Crippen LogP contribution in [0.15, 0.2) is 48.5 Å². The van der Waals surface area contributed by atoms with Gasteiger partial charge in [-0.1, -0.05) is 43.2 Å². The highest BCUT2D eigenvalue weighted by molar-refractivity contribution is 5.95. The zero-order valence-corrected chi connectivity index (χ0v) is 13.2. The first-order valence-corrected chi connectivity index (χ1v) is 8.42. The predicted octanol–water partition coefficient (Wildman–Crippen LogP) is 4.68. The molecule has 0 aliphatic heterocycles. The van der Waals surface area contributed by atoms with Crippen LogP contribution < -0.4 is 5.32 Å². The Morgan fingerprint density at radius 1 is 1.04 bits per heavy atom. The van der Waals surface area contributed by atoms with E-state index in [2.05, 4.69) is 52.8 Å². The number of hydrogen-bond acceptors (Lipinski definition) is 2. The van der Waals surface area contributed by atoms with Crippen molar-refractivity contribution in [3.05, 3.63) is 54.1 Å². The van der Waals surface area contributed by atoms with Crippen LogP contribution in [0.25, 0.3) is 22.2 Å². The molecule has 3 heteroatoms. The summed E-state index contributed by atoms with van der Waals surface area (Å²) in [7, 11) is 0. The summed E-state index contributed by atoms with van der Waals surface area (Å²) >= 11 is 0. The molecule has 0 radical (unpaired) electrons. The molecule has 1 heterocycles. The van der Waals surface area contributed by atoms with E-state index in [4.69, 9.17) is 0 Å². The van der Waals surface area contributed by atoms with Gasteiger partial charge >= 0.3 is 0 Å². The molecule has 0 bridgehead atoms. The maximum atomic E-state index is 9.57. The van der Waals surface area contributed by atoms with Crippen molar-refractivity contribution in [1.29, 1.82) is 0 Å². The predicted molar refractivity (Wildman–Crippen MR) is 95.5 cm³/mol. The van der Waals surface area contributed by atoms with Crippen molar-refractivity contribution in [3.8, 4) is 11.3 Å². The highest BCUT2D eigenvalue weighted by Crippen LogP contribution is 2.32. The largest absolute Gasteiger partial charge is 0.392 e. The lowest BCUT2D eigenvalue weighted by atomic mass is 10.1. The maximum Gasteiger partial charge on any atom is 0.0694 e. The fourth-order valence-electron chi connectivity index (χ4n) is 3.57. The van der Waals surface area contributed by atoms with Crippen LogP contribution in [0.3, 0.4) is 0 Å². The minimum Gasteiger partial charge on any atom is -0.392 e. The Morgan fingerprint density at radius 2 is 1.83 bits per heavy atom. The van der Waals surface area contributed by atoms with Gasteiger partial charge in [-0.2, -0.15) is 0 Å². The Labute approximate surface area is 136 Å². The molecule has 1 aliphatic carbocycles. The third kappa shape index (κ3) is 2.84. The summed E-state index contributed by atoms with van der Waals surface area (Å²) < 4.78 is 0. The van der Waals surface area contributed by atoms with Crippen LogP contribution in [-0.2, 0) is 6.61 Å². The van der Waals surface area contributed by atoms with Crippen molar-refractivity contribution < 1.29 is 5.11 Å². The Morgan fingerprint density at radius 3 is 2.57 bits per heavy atom. The van der Waals surface area contributed by atoms with Crippen LogP contribution in [-0.4, -0.2) is 16.1 Å². The second kappa shape index (κ2) is 6.09. The Balaban J connectivity index is 1.78. The van der Waals surface area contributed by atoms with Crippen LogP contribution in [0.4, 0.5) is 5.69 Å². The molecule has 3 N–H and O–H groups in total. The summed E-state index contributed by atoms with van der Waals surface area (Å²) in [6.45, 7) is 0.0706. The normalized spacial score (nSPS) is 15.3. The van der Waals surface area contributed by atoms with E-state index in [-0.39, 0.29) is 6.61 Å². The second-order valence-corrected chi connectivity index (χ2v) is 6.44. The molecule has 4 rings (SSSR count). The molecule has 0 spiro atoms. The van der Waals surface area contributed by atoms with E-state index in [0.717, 1.165) is 27.8 Å². The molecule has 3 aromatic rings. The van der Waals surface area contributed by atoms with E-state index in [0.29, 0.717) is 6.04 Å². The summed E-state index contributed by atoms with van der Waals surface area (Å²) in [4.78, 5) is 3.56. The first-order valence-electron chi connectivity index (χ1n) is 8.42. The monoisotopic (exact) mass is 306 g/mol. The standard InChI is InChI=1S/C20H22N2O/c23-13-14-10-16-12-18(15-6-2-1-3-7-15)22-20(16)19(11-14)21-17-8-4-5-9-17/h1-3,6-7,10-12,17,21-23H,4-5,8-9,13H2. The first kappa shape index (κ1) is 14.3. The Hall–Kier alpha value is -2.26. The van der Waals surface area contributed by atoms with Crippen LogP contribution in [0.1, 0.15) is 31.2 Å². The maximum absolute atomic E-state index is 9.57. The van der Waals surface area contributed by atoms with E-state index in [1.54, 1.807) is 0 Å². The number of rotatable bonds is 4. The molecular formula is C20H22N2O. The topological polar surface area (TPSA) is 48.0 Å². The summed E-state index contributed by atoms with van der Waals surface area (Å²) in [6, 6.07) is 17.2. The molecule has 0 unspecified atom stereocenters. The molecule has 0 amide bonds. The Kier molecular flexibility index (Phi) is 3.80. The molecule has 3 nitrogen and oxygen atoms in total. The number of anilines is 1. The number of aliphatic hydroxyl groups is 1. The van der Waals surface area contributed by atoms with Gasteiger partial charge < -0.3 is 15.4 Å². The molecule has 1 saturated carbocycles. The Bertz CT molecular complexity index is 801.